The summed E-state index contributed by atoms with van der Waals surface area (Å²) in [4.78, 5) is 12.8. The largest absolute Gasteiger partial charge is 0.454 e. The van der Waals surface area contributed by atoms with E-state index in [1.54, 1.807) is 0 Å². The van der Waals surface area contributed by atoms with E-state index in [0.717, 1.165) is 24.0 Å². The number of aryl methyl sites for hydroxylation is 2. The molecular formula is C21H18N2O4S. The number of benzene rings is 2. The van der Waals surface area contributed by atoms with Crippen LogP contribution in [0.3, 0.4) is 0 Å². The van der Waals surface area contributed by atoms with Gasteiger partial charge in [-0.25, -0.2) is 0 Å². The number of Topliss-reactive ketones (excluding diaryl/α,β-unsaturated/α-hetero) is 1. The average Bonchev–Trinajstić information content (AvgIpc) is 3.46. The van der Waals surface area contributed by atoms with Crippen molar-refractivity contribution in [1.82, 2.24) is 10.2 Å². The number of carbonyl (C=O) groups is 1. The summed E-state index contributed by atoms with van der Waals surface area (Å²) < 4.78 is 16.4. The van der Waals surface area contributed by atoms with Gasteiger partial charge in [0.05, 0.1) is 5.25 Å². The molecule has 2 aromatic carbocycles. The summed E-state index contributed by atoms with van der Waals surface area (Å²) in [5.74, 6) is 1.82. The number of ether oxygens (including phenoxy) is 2. The lowest BCUT2D eigenvalue weighted by Gasteiger charge is -2.09. The predicted molar refractivity (Wildman–Crippen MR) is 104 cm³/mol. The molecule has 2 aliphatic rings. The quantitative estimate of drug-likeness (QED) is 0.471. The summed E-state index contributed by atoms with van der Waals surface area (Å²) in [7, 11) is 0. The Labute approximate surface area is 166 Å². The summed E-state index contributed by atoms with van der Waals surface area (Å²) in [6.45, 7) is 2.08. The normalized spacial score (nSPS) is 15.5. The van der Waals surface area contributed by atoms with Crippen molar-refractivity contribution in [1.29, 1.82) is 0 Å². The molecule has 28 heavy (non-hydrogen) atoms. The maximum Gasteiger partial charge on any atom is 0.277 e. The predicted octanol–water partition coefficient (Wildman–Crippen LogP) is 4.32. The number of carbonyl (C=O) groups excluding carboxylic acids is 1. The van der Waals surface area contributed by atoms with Gasteiger partial charge in [-0.3, -0.25) is 4.79 Å². The van der Waals surface area contributed by atoms with Gasteiger partial charge in [-0.05, 0) is 61.6 Å². The second-order valence-corrected chi connectivity index (χ2v) is 8.19. The van der Waals surface area contributed by atoms with Crippen LogP contribution < -0.4 is 9.47 Å². The lowest BCUT2D eigenvalue weighted by Crippen LogP contribution is -2.13. The molecule has 0 N–H and O–H groups in total. The van der Waals surface area contributed by atoms with Crippen LogP contribution in [0.1, 0.15) is 34.8 Å². The molecule has 0 fully saturated rings. The minimum absolute atomic E-state index is 0.0718. The summed E-state index contributed by atoms with van der Waals surface area (Å²) >= 11 is 1.27. The highest BCUT2D eigenvalue weighted by Crippen LogP contribution is 2.36. The number of fused-ring (bicyclic) bond motifs is 2. The molecule has 1 aliphatic heterocycles. The van der Waals surface area contributed by atoms with E-state index in [2.05, 4.69) is 16.3 Å². The van der Waals surface area contributed by atoms with Gasteiger partial charge in [0.25, 0.3) is 5.22 Å². The van der Waals surface area contributed by atoms with Crippen LogP contribution in [0.4, 0.5) is 0 Å². The summed E-state index contributed by atoms with van der Waals surface area (Å²) in [6.07, 6.45) is 3.33. The van der Waals surface area contributed by atoms with Crippen LogP contribution >= 0.6 is 11.8 Å². The van der Waals surface area contributed by atoms with Crippen LogP contribution in [0.15, 0.2) is 46.0 Å². The first-order valence-electron chi connectivity index (χ1n) is 9.23. The van der Waals surface area contributed by atoms with E-state index in [1.165, 1.54) is 29.3 Å². The number of aromatic nitrogens is 2. The first-order valence-corrected chi connectivity index (χ1v) is 10.1. The average molecular weight is 394 g/mol. The third-order valence-electron chi connectivity index (χ3n) is 5.06. The second kappa shape index (κ2) is 6.98. The van der Waals surface area contributed by atoms with Crippen LogP contribution in [0, 0.1) is 0 Å². The Balaban J connectivity index is 1.30. The molecule has 1 aromatic heterocycles. The molecule has 0 amide bonds. The Kier molecular flexibility index (Phi) is 4.31. The van der Waals surface area contributed by atoms with Gasteiger partial charge in [0.1, 0.15) is 0 Å². The zero-order chi connectivity index (χ0) is 19.1. The van der Waals surface area contributed by atoms with Crippen molar-refractivity contribution < 1.29 is 18.7 Å². The molecule has 0 spiro atoms. The molecule has 5 rings (SSSR count). The van der Waals surface area contributed by atoms with Gasteiger partial charge in [-0.1, -0.05) is 23.9 Å². The molecule has 0 saturated carbocycles. The highest BCUT2D eigenvalue weighted by Gasteiger charge is 2.22. The number of nitrogens with zero attached hydrogens (tertiary/aromatic N) is 2. The molecule has 7 heteroatoms. The highest BCUT2D eigenvalue weighted by atomic mass is 32.2. The van der Waals surface area contributed by atoms with Crippen LogP contribution in [0.5, 0.6) is 11.5 Å². The van der Waals surface area contributed by atoms with Gasteiger partial charge in [0.2, 0.25) is 12.7 Å². The van der Waals surface area contributed by atoms with E-state index in [9.17, 15) is 4.79 Å². The fourth-order valence-corrected chi connectivity index (χ4v) is 4.33. The fraction of sp³-hybridized carbons (Fsp3) is 0.286. The van der Waals surface area contributed by atoms with Gasteiger partial charge in [-0.2, -0.15) is 0 Å². The van der Waals surface area contributed by atoms with Crippen molar-refractivity contribution in [2.75, 3.05) is 6.79 Å². The van der Waals surface area contributed by atoms with E-state index in [1.807, 2.05) is 37.3 Å². The monoisotopic (exact) mass is 394 g/mol. The van der Waals surface area contributed by atoms with E-state index in [0.29, 0.717) is 22.6 Å². The molecule has 0 bridgehead atoms. The second-order valence-electron chi connectivity index (χ2n) is 6.90. The van der Waals surface area contributed by atoms with Crippen molar-refractivity contribution in [2.45, 2.75) is 36.7 Å². The van der Waals surface area contributed by atoms with Crippen molar-refractivity contribution in [3.05, 3.63) is 53.1 Å². The zero-order valence-electron chi connectivity index (χ0n) is 15.3. The van der Waals surface area contributed by atoms with Crippen LogP contribution in [0.25, 0.3) is 11.5 Å². The summed E-state index contributed by atoms with van der Waals surface area (Å²) in [5, 5.41) is 8.24. The van der Waals surface area contributed by atoms with Crippen LogP contribution in [-0.2, 0) is 12.8 Å². The number of thioether (sulfide) groups is 1. The molecule has 142 valence electrons. The van der Waals surface area contributed by atoms with Crippen molar-refractivity contribution in [3.63, 3.8) is 0 Å². The third kappa shape index (κ3) is 3.16. The Morgan fingerprint density at radius 3 is 2.82 bits per heavy atom. The topological polar surface area (TPSA) is 74.5 Å². The van der Waals surface area contributed by atoms with Crippen molar-refractivity contribution in [3.8, 4) is 23.0 Å². The molecule has 1 atom stereocenters. The Morgan fingerprint density at radius 1 is 1.04 bits per heavy atom. The van der Waals surface area contributed by atoms with Gasteiger partial charge in [0, 0.05) is 11.1 Å². The van der Waals surface area contributed by atoms with Crippen molar-refractivity contribution in [2.24, 2.45) is 0 Å². The standard InChI is InChI=1S/C21H18N2O4S/c1-12(19(24)15-6-5-13-3-2-4-14(13)9-15)28-21-23-22-20(27-21)16-7-8-17-18(10-16)26-11-25-17/h5-10,12H,2-4,11H2,1H3/t12-/m0/s1. The molecule has 3 aromatic rings. The van der Waals surface area contributed by atoms with E-state index in [4.69, 9.17) is 13.9 Å². The molecule has 2 heterocycles. The van der Waals surface area contributed by atoms with Gasteiger partial charge < -0.3 is 13.9 Å². The number of ketones is 1. The summed E-state index contributed by atoms with van der Waals surface area (Å²) in [6, 6.07) is 11.5. The minimum Gasteiger partial charge on any atom is -0.454 e. The zero-order valence-corrected chi connectivity index (χ0v) is 16.1. The fourth-order valence-electron chi connectivity index (χ4n) is 3.57. The summed E-state index contributed by atoms with van der Waals surface area (Å²) in [5.41, 5.74) is 4.16. The number of hydrogen-bond acceptors (Lipinski definition) is 7. The molecular weight excluding hydrogens is 376 g/mol. The number of hydrogen-bond donors (Lipinski definition) is 0. The molecule has 0 saturated heterocycles. The van der Waals surface area contributed by atoms with Gasteiger partial charge in [-0.15, -0.1) is 10.2 Å². The third-order valence-corrected chi connectivity index (χ3v) is 5.99. The van der Waals surface area contributed by atoms with Gasteiger partial charge >= 0.3 is 0 Å². The maximum absolute atomic E-state index is 12.8. The van der Waals surface area contributed by atoms with E-state index >= 15 is 0 Å². The lowest BCUT2D eigenvalue weighted by molar-refractivity contribution is 0.0993. The molecule has 0 unspecified atom stereocenters. The molecule has 6 nitrogen and oxygen atoms in total. The van der Waals surface area contributed by atoms with E-state index in [-0.39, 0.29) is 17.8 Å². The molecule has 0 radical (unpaired) electrons. The Bertz CT molecular complexity index is 1060. The smallest absolute Gasteiger partial charge is 0.277 e. The van der Waals surface area contributed by atoms with Gasteiger partial charge in [0.15, 0.2) is 17.3 Å². The number of rotatable bonds is 5. The minimum atomic E-state index is -0.315. The van der Waals surface area contributed by atoms with Crippen LogP contribution in [-0.4, -0.2) is 28.0 Å². The SMILES string of the molecule is C[C@H](Sc1nnc(-c2ccc3c(c2)OCO3)o1)C(=O)c1ccc2c(c1)CCC2. The Hall–Kier alpha value is -2.80. The highest BCUT2D eigenvalue weighted by molar-refractivity contribution is 8.00. The maximum atomic E-state index is 12.8. The molecule has 1 aliphatic carbocycles. The van der Waals surface area contributed by atoms with Crippen molar-refractivity contribution >= 4 is 17.5 Å². The first-order chi connectivity index (χ1) is 13.7. The Morgan fingerprint density at radius 2 is 1.89 bits per heavy atom. The first kappa shape index (κ1) is 17.3. The lowest BCUT2D eigenvalue weighted by atomic mass is 10.0. The van der Waals surface area contributed by atoms with Crippen LogP contribution in [0.2, 0.25) is 0 Å². The van der Waals surface area contributed by atoms with E-state index < -0.39 is 0 Å².